The van der Waals surface area contributed by atoms with E-state index in [1.54, 1.807) is 12.1 Å². The molecule has 0 aliphatic carbocycles. The smallest absolute Gasteiger partial charge is 0.311 e. The molecule has 0 radical (unpaired) electrons. The SMILES string of the molecule is COc1ccc(C(=O)NCC2COc3ccccc3O2)cc1[N+](=O)[O-]. The number of fused-ring (bicyclic) bond motifs is 1. The highest BCUT2D eigenvalue weighted by Crippen LogP contribution is 2.31. The first kappa shape index (κ1) is 16.6. The Kier molecular flexibility index (Phi) is 4.69. The Morgan fingerprint density at radius 1 is 1.32 bits per heavy atom. The summed E-state index contributed by atoms with van der Waals surface area (Å²) >= 11 is 0. The summed E-state index contributed by atoms with van der Waals surface area (Å²) in [5, 5.41) is 13.7. The highest BCUT2D eigenvalue weighted by Gasteiger charge is 2.22. The number of methoxy groups -OCH3 is 1. The molecular formula is C17H16N2O6. The van der Waals surface area contributed by atoms with Crippen LogP contribution in [0, 0.1) is 10.1 Å². The van der Waals surface area contributed by atoms with Crippen LogP contribution in [0.2, 0.25) is 0 Å². The maximum atomic E-state index is 12.2. The fourth-order valence-corrected chi connectivity index (χ4v) is 2.45. The van der Waals surface area contributed by atoms with Crippen LogP contribution in [0.3, 0.4) is 0 Å². The largest absolute Gasteiger partial charge is 0.490 e. The van der Waals surface area contributed by atoms with Gasteiger partial charge in [-0.05, 0) is 24.3 Å². The number of carbonyl (C=O) groups is 1. The van der Waals surface area contributed by atoms with Gasteiger partial charge in [0.05, 0.1) is 18.6 Å². The fraction of sp³-hybridized carbons (Fsp3) is 0.235. The third-order valence-electron chi connectivity index (χ3n) is 3.70. The fourth-order valence-electron chi connectivity index (χ4n) is 2.45. The number of para-hydroxylation sites is 2. The standard InChI is InChI=1S/C17H16N2O6/c1-23-14-7-6-11(8-13(14)19(21)22)17(20)18-9-12-10-24-15-4-2-3-5-16(15)25-12/h2-8,12H,9-10H2,1H3,(H,18,20). The molecule has 1 aliphatic rings. The molecule has 130 valence electrons. The zero-order chi connectivity index (χ0) is 17.8. The molecule has 0 fully saturated rings. The van der Waals surface area contributed by atoms with Gasteiger partial charge in [-0.15, -0.1) is 0 Å². The van der Waals surface area contributed by atoms with E-state index in [-0.39, 0.29) is 29.6 Å². The maximum absolute atomic E-state index is 12.2. The molecule has 8 heteroatoms. The number of nitrogens with zero attached hydrogens (tertiary/aromatic N) is 1. The lowest BCUT2D eigenvalue weighted by molar-refractivity contribution is -0.385. The van der Waals surface area contributed by atoms with Gasteiger partial charge in [0.1, 0.15) is 12.7 Å². The summed E-state index contributed by atoms with van der Waals surface area (Å²) in [6, 6.07) is 11.3. The minimum Gasteiger partial charge on any atom is -0.490 e. The first-order chi connectivity index (χ1) is 12.1. The van der Waals surface area contributed by atoms with Crippen molar-refractivity contribution in [2.24, 2.45) is 0 Å². The van der Waals surface area contributed by atoms with E-state index in [1.165, 1.54) is 25.3 Å². The average Bonchev–Trinajstić information content (AvgIpc) is 2.65. The summed E-state index contributed by atoms with van der Waals surface area (Å²) in [4.78, 5) is 22.7. The minimum absolute atomic E-state index is 0.0992. The van der Waals surface area contributed by atoms with Crippen LogP contribution in [0.15, 0.2) is 42.5 Å². The van der Waals surface area contributed by atoms with Crippen LogP contribution in [-0.4, -0.2) is 37.2 Å². The monoisotopic (exact) mass is 344 g/mol. The van der Waals surface area contributed by atoms with Crippen molar-refractivity contribution in [2.45, 2.75) is 6.10 Å². The zero-order valence-corrected chi connectivity index (χ0v) is 13.4. The minimum atomic E-state index is -0.593. The molecule has 8 nitrogen and oxygen atoms in total. The summed E-state index contributed by atoms with van der Waals surface area (Å²) in [6.07, 6.45) is -0.341. The lowest BCUT2D eigenvalue weighted by Gasteiger charge is -2.26. The van der Waals surface area contributed by atoms with Gasteiger partial charge in [-0.25, -0.2) is 0 Å². The molecule has 1 amide bonds. The third kappa shape index (κ3) is 3.63. The van der Waals surface area contributed by atoms with Crippen LogP contribution in [0.5, 0.6) is 17.2 Å². The first-order valence-electron chi connectivity index (χ1n) is 7.57. The number of hydrogen-bond donors (Lipinski definition) is 1. The molecule has 0 aromatic heterocycles. The number of carbonyl (C=O) groups excluding carboxylic acids is 1. The number of nitro groups is 1. The van der Waals surface area contributed by atoms with E-state index < -0.39 is 10.8 Å². The molecule has 2 aromatic carbocycles. The van der Waals surface area contributed by atoms with Gasteiger partial charge in [-0.1, -0.05) is 12.1 Å². The van der Waals surface area contributed by atoms with E-state index in [0.29, 0.717) is 18.1 Å². The van der Waals surface area contributed by atoms with E-state index in [9.17, 15) is 14.9 Å². The van der Waals surface area contributed by atoms with Crippen molar-refractivity contribution >= 4 is 11.6 Å². The highest BCUT2D eigenvalue weighted by atomic mass is 16.6. The van der Waals surface area contributed by atoms with Crippen molar-refractivity contribution in [3.05, 3.63) is 58.1 Å². The lowest BCUT2D eigenvalue weighted by Crippen LogP contribution is -2.40. The number of benzene rings is 2. The molecule has 1 atom stereocenters. The molecule has 1 aliphatic heterocycles. The molecular weight excluding hydrogens is 328 g/mol. The van der Waals surface area contributed by atoms with Gasteiger partial charge in [0.2, 0.25) is 0 Å². The van der Waals surface area contributed by atoms with E-state index in [4.69, 9.17) is 14.2 Å². The van der Waals surface area contributed by atoms with Gasteiger partial charge < -0.3 is 19.5 Å². The Balaban J connectivity index is 1.64. The summed E-state index contributed by atoms with van der Waals surface area (Å²) < 4.78 is 16.2. The molecule has 1 unspecified atom stereocenters. The highest BCUT2D eigenvalue weighted by molar-refractivity contribution is 5.95. The second kappa shape index (κ2) is 7.08. The number of hydrogen-bond acceptors (Lipinski definition) is 6. The van der Waals surface area contributed by atoms with Crippen molar-refractivity contribution in [3.63, 3.8) is 0 Å². The van der Waals surface area contributed by atoms with Crippen LogP contribution in [0.25, 0.3) is 0 Å². The molecule has 0 saturated carbocycles. The van der Waals surface area contributed by atoms with Crippen molar-refractivity contribution in [3.8, 4) is 17.2 Å². The predicted molar refractivity (Wildman–Crippen MR) is 88.3 cm³/mol. The molecule has 0 spiro atoms. The zero-order valence-electron chi connectivity index (χ0n) is 13.4. The van der Waals surface area contributed by atoms with Crippen molar-refractivity contribution in [1.29, 1.82) is 0 Å². The van der Waals surface area contributed by atoms with E-state index in [0.717, 1.165) is 0 Å². The van der Waals surface area contributed by atoms with Gasteiger partial charge in [-0.3, -0.25) is 14.9 Å². The summed E-state index contributed by atoms with van der Waals surface area (Å²) in [7, 11) is 1.33. The van der Waals surface area contributed by atoms with E-state index in [1.807, 2.05) is 12.1 Å². The topological polar surface area (TPSA) is 99.9 Å². The summed E-state index contributed by atoms with van der Waals surface area (Å²) in [5.41, 5.74) is -0.0917. The maximum Gasteiger partial charge on any atom is 0.311 e. The molecule has 2 aromatic rings. The second-order valence-electron chi connectivity index (χ2n) is 5.35. The Bertz CT molecular complexity index is 807. The number of nitrogens with one attached hydrogen (secondary N) is 1. The first-order valence-corrected chi connectivity index (χ1v) is 7.57. The molecule has 3 rings (SSSR count). The van der Waals surface area contributed by atoms with Crippen LogP contribution in [0.1, 0.15) is 10.4 Å². The number of nitro benzene ring substituents is 1. The predicted octanol–water partition coefficient (Wildman–Crippen LogP) is 2.17. The Morgan fingerprint density at radius 3 is 2.80 bits per heavy atom. The van der Waals surface area contributed by atoms with E-state index >= 15 is 0 Å². The molecule has 0 bridgehead atoms. The van der Waals surface area contributed by atoms with Crippen LogP contribution in [0.4, 0.5) is 5.69 Å². The van der Waals surface area contributed by atoms with Gasteiger partial charge in [0.15, 0.2) is 17.2 Å². The second-order valence-corrected chi connectivity index (χ2v) is 5.35. The normalized spacial score (nSPS) is 15.3. The number of amides is 1. The van der Waals surface area contributed by atoms with Gasteiger partial charge >= 0.3 is 5.69 Å². The Hall–Kier alpha value is -3.29. The third-order valence-corrected chi connectivity index (χ3v) is 3.70. The average molecular weight is 344 g/mol. The van der Waals surface area contributed by atoms with Crippen molar-refractivity contribution < 1.29 is 23.9 Å². The van der Waals surface area contributed by atoms with Crippen LogP contribution in [-0.2, 0) is 0 Å². The summed E-state index contributed by atoms with van der Waals surface area (Å²) in [5.74, 6) is 0.944. The molecule has 25 heavy (non-hydrogen) atoms. The van der Waals surface area contributed by atoms with Crippen molar-refractivity contribution in [2.75, 3.05) is 20.3 Å². The quantitative estimate of drug-likeness (QED) is 0.659. The number of ether oxygens (including phenoxy) is 3. The summed E-state index contributed by atoms with van der Waals surface area (Å²) in [6.45, 7) is 0.521. The van der Waals surface area contributed by atoms with E-state index in [2.05, 4.69) is 5.32 Å². The lowest BCUT2D eigenvalue weighted by atomic mass is 10.1. The molecule has 1 N–H and O–H groups in total. The van der Waals surface area contributed by atoms with Gasteiger partial charge in [0, 0.05) is 11.6 Å². The van der Waals surface area contributed by atoms with Gasteiger partial charge in [-0.2, -0.15) is 0 Å². The molecule has 0 saturated heterocycles. The molecule has 1 heterocycles. The van der Waals surface area contributed by atoms with Gasteiger partial charge in [0.25, 0.3) is 5.91 Å². The Morgan fingerprint density at radius 2 is 2.08 bits per heavy atom. The van der Waals surface area contributed by atoms with Crippen molar-refractivity contribution in [1.82, 2.24) is 5.32 Å². The van der Waals surface area contributed by atoms with Crippen LogP contribution >= 0.6 is 0 Å². The Labute approximate surface area is 143 Å². The number of rotatable bonds is 5. The van der Waals surface area contributed by atoms with Crippen LogP contribution < -0.4 is 19.5 Å².